The molecule has 3 amide bonds. The lowest BCUT2D eigenvalue weighted by atomic mass is 10.1. The largest absolute Gasteiger partial charge is 0.334 e. The van der Waals surface area contributed by atoms with Crippen LogP contribution in [0.25, 0.3) is 16.9 Å². The lowest BCUT2D eigenvalue weighted by Crippen LogP contribution is -2.44. The molecule has 1 aromatic heterocycles. The van der Waals surface area contributed by atoms with Crippen LogP contribution in [0.3, 0.4) is 0 Å². The van der Waals surface area contributed by atoms with Crippen LogP contribution in [0.4, 0.5) is 15.0 Å². The van der Waals surface area contributed by atoms with Crippen molar-refractivity contribution >= 4 is 17.8 Å². The second-order valence-electron chi connectivity index (χ2n) is 9.47. The van der Waals surface area contributed by atoms with E-state index in [9.17, 15) is 14.0 Å². The van der Waals surface area contributed by atoms with Gasteiger partial charge in [-0.3, -0.25) is 4.79 Å². The van der Waals surface area contributed by atoms with Gasteiger partial charge in [0.25, 0.3) is 0 Å². The van der Waals surface area contributed by atoms with E-state index >= 15 is 0 Å². The molecule has 3 aromatic carbocycles. The molecule has 4 aromatic rings. The van der Waals surface area contributed by atoms with Gasteiger partial charge >= 0.3 is 6.03 Å². The predicted molar refractivity (Wildman–Crippen MR) is 147 cm³/mol. The first-order valence-corrected chi connectivity index (χ1v) is 12.7. The topological polar surface area (TPSA) is 79.3 Å². The van der Waals surface area contributed by atoms with Gasteiger partial charge in [-0.2, -0.15) is 5.10 Å². The normalized spacial score (nSPS) is 10.8. The highest BCUT2D eigenvalue weighted by molar-refractivity contribution is 5.94. The van der Waals surface area contributed by atoms with Gasteiger partial charge in [0, 0.05) is 24.7 Å². The van der Waals surface area contributed by atoms with Gasteiger partial charge in [0.05, 0.1) is 11.4 Å². The van der Waals surface area contributed by atoms with Crippen molar-refractivity contribution in [3.05, 3.63) is 102 Å². The Morgan fingerprint density at radius 1 is 0.947 bits per heavy atom. The fourth-order valence-corrected chi connectivity index (χ4v) is 3.91. The van der Waals surface area contributed by atoms with E-state index in [2.05, 4.69) is 29.6 Å². The van der Waals surface area contributed by atoms with Crippen molar-refractivity contribution in [1.29, 1.82) is 0 Å². The van der Waals surface area contributed by atoms with Gasteiger partial charge in [-0.1, -0.05) is 74.5 Å². The number of nitrogens with one attached hydrogen (secondary N) is 2. The van der Waals surface area contributed by atoms with E-state index in [1.807, 2.05) is 60.7 Å². The van der Waals surface area contributed by atoms with Crippen molar-refractivity contribution in [2.75, 3.05) is 18.4 Å². The Balaban J connectivity index is 1.52. The Hall–Kier alpha value is -4.46. The van der Waals surface area contributed by atoms with E-state index in [0.29, 0.717) is 36.2 Å². The van der Waals surface area contributed by atoms with Crippen molar-refractivity contribution in [3.8, 4) is 16.9 Å². The van der Waals surface area contributed by atoms with Crippen LogP contribution in [0.1, 0.15) is 25.8 Å². The smallest absolute Gasteiger partial charge is 0.318 e. The summed E-state index contributed by atoms with van der Waals surface area (Å²) >= 11 is 0. The molecule has 196 valence electrons. The number of carbonyl (C=O) groups excluding carboxylic acids is 2. The summed E-state index contributed by atoms with van der Waals surface area (Å²) in [6, 6.07) is 26.5. The average Bonchev–Trinajstić information content (AvgIpc) is 3.34. The summed E-state index contributed by atoms with van der Waals surface area (Å²) in [4.78, 5) is 27.7. The summed E-state index contributed by atoms with van der Waals surface area (Å²) in [5.74, 6) is 0.0772. The third-order valence-electron chi connectivity index (χ3n) is 6.00. The van der Waals surface area contributed by atoms with E-state index in [-0.39, 0.29) is 24.3 Å². The van der Waals surface area contributed by atoms with E-state index in [1.165, 1.54) is 17.0 Å². The predicted octanol–water partition coefficient (Wildman–Crippen LogP) is 5.87. The number of urea groups is 1. The van der Waals surface area contributed by atoms with Crippen molar-refractivity contribution in [2.45, 2.75) is 26.8 Å². The molecule has 0 radical (unpaired) electrons. The molecule has 1 heterocycles. The molecule has 0 fully saturated rings. The maximum atomic E-state index is 13.6. The van der Waals surface area contributed by atoms with Crippen LogP contribution in [-0.4, -0.2) is 39.7 Å². The maximum Gasteiger partial charge on any atom is 0.318 e. The average molecular weight is 514 g/mol. The lowest BCUT2D eigenvalue weighted by molar-refractivity contribution is -0.116. The summed E-state index contributed by atoms with van der Waals surface area (Å²) < 4.78 is 15.1. The molecule has 0 saturated carbocycles. The number of nitrogens with zero attached hydrogens (tertiary/aromatic N) is 3. The molecule has 0 unspecified atom stereocenters. The first kappa shape index (κ1) is 26.6. The van der Waals surface area contributed by atoms with Crippen LogP contribution in [0.15, 0.2) is 91.0 Å². The van der Waals surface area contributed by atoms with Crippen LogP contribution < -0.4 is 10.6 Å². The van der Waals surface area contributed by atoms with E-state index in [0.717, 1.165) is 17.5 Å². The zero-order valence-electron chi connectivity index (χ0n) is 21.6. The van der Waals surface area contributed by atoms with Crippen LogP contribution in [-0.2, 0) is 11.3 Å². The Kier molecular flexibility index (Phi) is 8.87. The van der Waals surface area contributed by atoms with Crippen LogP contribution in [0.5, 0.6) is 0 Å². The molecule has 0 bridgehead atoms. The third kappa shape index (κ3) is 7.29. The first-order valence-electron chi connectivity index (χ1n) is 12.7. The Labute approximate surface area is 222 Å². The number of benzene rings is 3. The van der Waals surface area contributed by atoms with E-state index < -0.39 is 0 Å². The molecule has 8 heteroatoms. The third-order valence-corrected chi connectivity index (χ3v) is 6.00. The van der Waals surface area contributed by atoms with Crippen molar-refractivity contribution in [1.82, 2.24) is 20.0 Å². The zero-order chi connectivity index (χ0) is 26.9. The minimum Gasteiger partial charge on any atom is -0.334 e. The molecule has 0 spiro atoms. The second kappa shape index (κ2) is 12.7. The Bertz CT molecular complexity index is 1340. The van der Waals surface area contributed by atoms with Crippen molar-refractivity contribution in [2.24, 2.45) is 5.92 Å². The fourth-order valence-electron chi connectivity index (χ4n) is 3.91. The molecule has 0 aliphatic rings. The van der Waals surface area contributed by atoms with E-state index in [4.69, 9.17) is 0 Å². The van der Waals surface area contributed by atoms with Gasteiger partial charge < -0.3 is 15.5 Å². The van der Waals surface area contributed by atoms with Gasteiger partial charge in [0.15, 0.2) is 0 Å². The molecule has 0 atom stereocenters. The van der Waals surface area contributed by atoms with Gasteiger partial charge in [-0.05, 0) is 42.2 Å². The van der Waals surface area contributed by atoms with Gasteiger partial charge in [0.2, 0.25) is 5.91 Å². The summed E-state index contributed by atoms with van der Waals surface area (Å²) in [6.45, 7) is 4.84. The molecule has 7 nitrogen and oxygen atoms in total. The summed E-state index contributed by atoms with van der Waals surface area (Å²) in [5, 5.41) is 10.5. The minimum absolute atomic E-state index is 0.122. The Morgan fingerprint density at radius 3 is 2.26 bits per heavy atom. The molecule has 4 rings (SSSR count). The van der Waals surface area contributed by atoms with Gasteiger partial charge in [0.1, 0.15) is 18.2 Å². The second-order valence-corrected chi connectivity index (χ2v) is 9.47. The number of halogens is 1. The number of aromatic nitrogens is 2. The standard InChI is InChI=1S/C30H32FN5O2/c1-22(2)17-18-35(30(38)32-20-23-9-5-3-6-10-23)21-29(37)33-28-19-27(24-11-7-4-8-12-24)34-36(28)26-15-13-25(31)14-16-26/h3-16,19,22H,17-18,20-21H2,1-2H3,(H,32,38)(H,33,37). The number of carbonyl (C=O) groups is 2. The zero-order valence-corrected chi connectivity index (χ0v) is 21.6. The Morgan fingerprint density at radius 2 is 1.61 bits per heavy atom. The number of hydrogen-bond donors (Lipinski definition) is 2. The molecular formula is C30H32FN5O2. The van der Waals surface area contributed by atoms with Gasteiger partial charge in [-0.25, -0.2) is 13.9 Å². The van der Waals surface area contributed by atoms with Crippen LogP contribution >= 0.6 is 0 Å². The summed E-state index contributed by atoms with van der Waals surface area (Å²) in [7, 11) is 0. The highest BCUT2D eigenvalue weighted by Crippen LogP contribution is 2.25. The molecule has 38 heavy (non-hydrogen) atoms. The number of rotatable bonds is 10. The lowest BCUT2D eigenvalue weighted by Gasteiger charge is -2.23. The number of hydrogen-bond acceptors (Lipinski definition) is 3. The summed E-state index contributed by atoms with van der Waals surface area (Å²) in [5.41, 5.74) is 3.11. The fraction of sp³-hybridized carbons (Fsp3) is 0.233. The maximum absolute atomic E-state index is 13.6. The van der Waals surface area contributed by atoms with Crippen molar-refractivity contribution in [3.63, 3.8) is 0 Å². The SMILES string of the molecule is CC(C)CCN(CC(=O)Nc1cc(-c2ccccc2)nn1-c1ccc(F)cc1)C(=O)NCc1ccccc1. The minimum atomic E-state index is -0.364. The molecule has 0 saturated heterocycles. The highest BCUT2D eigenvalue weighted by atomic mass is 19.1. The molecule has 0 aliphatic heterocycles. The highest BCUT2D eigenvalue weighted by Gasteiger charge is 2.20. The van der Waals surface area contributed by atoms with Crippen molar-refractivity contribution < 1.29 is 14.0 Å². The van der Waals surface area contributed by atoms with E-state index in [1.54, 1.807) is 22.9 Å². The molecule has 2 N–H and O–H groups in total. The number of amides is 3. The van der Waals surface area contributed by atoms with Crippen LogP contribution in [0, 0.1) is 11.7 Å². The molecular weight excluding hydrogens is 481 g/mol. The summed E-state index contributed by atoms with van der Waals surface area (Å²) in [6.07, 6.45) is 0.762. The molecule has 0 aliphatic carbocycles. The van der Waals surface area contributed by atoms with Gasteiger partial charge in [-0.15, -0.1) is 0 Å². The quantitative estimate of drug-likeness (QED) is 0.278. The number of anilines is 1. The van der Waals surface area contributed by atoms with Crippen LogP contribution in [0.2, 0.25) is 0 Å². The first-order chi connectivity index (χ1) is 18.4. The monoisotopic (exact) mass is 513 g/mol.